The minimum absolute atomic E-state index is 0.0738. The lowest BCUT2D eigenvalue weighted by Gasteiger charge is -2.26. The molecule has 0 radical (unpaired) electrons. The predicted octanol–water partition coefficient (Wildman–Crippen LogP) is 5.31. The molecule has 152 valence electrons. The van der Waals surface area contributed by atoms with Gasteiger partial charge in [-0.3, -0.25) is 14.7 Å². The van der Waals surface area contributed by atoms with Crippen molar-refractivity contribution in [1.82, 2.24) is 9.80 Å². The van der Waals surface area contributed by atoms with E-state index in [1.165, 1.54) is 6.42 Å². The Balaban J connectivity index is 0. The number of carbonyl (C=O) groups is 1. The molecule has 1 aliphatic heterocycles. The van der Waals surface area contributed by atoms with Crippen molar-refractivity contribution >= 4 is 11.7 Å². The Labute approximate surface area is 163 Å². The number of hydrogen-bond donors (Lipinski definition) is 0. The van der Waals surface area contributed by atoms with Gasteiger partial charge in [0.25, 0.3) is 5.91 Å². The van der Waals surface area contributed by atoms with Crippen LogP contribution in [-0.4, -0.2) is 53.8 Å². The minimum Gasteiger partial charge on any atom is -0.307 e. The molecule has 0 bridgehead atoms. The zero-order valence-corrected chi connectivity index (χ0v) is 18.9. The van der Waals surface area contributed by atoms with E-state index < -0.39 is 5.54 Å². The van der Waals surface area contributed by atoms with Crippen LogP contribution < -0.4 is 0 Å². The second-order valence-corrected chi connectivity index (χ2v) is 6.31. The maximum absolute atomic E-state index is 12.8. The van der Waals surface area contributed by atoms with Crippen LogP contribution in [0.3, 0.4) is 0 Å². The Kier molecular flexibility index (Phi) is 15.2. The van der Waals surface area contributed by atoms with Gasteiger partial charge in [0.2, 0.25) is 0 Å². The van der Waals surface area contributed by atoms with E-state index in [1.54, 1.807) is 0 Å². The van der Waals surface area contributed by atoms with Gasteiger partial charge in [-0.05, 0) is 52.4 Å². The molecule has 1 rings (SSSR count). The largest absolute Gasteiger partial charge is 0.307 e. The van der Waals surface area contributed by atoms with Crippen molar-refractivity contribution in [3.05, 3.63) is 24.3 Å². The topological polar surface area (TPSA) is 35.9 Å². The van der Waals surface area contributed by atoms with Gasteiger partial charge in [-0.2, -0.15) is 0 Å². The molecule has 4 nitrogen and oxygen atoms in total. The Morgan fingerprint density at radius 2 is 1.81 bits per heavy atom. The van der Waals surface area contributed by atoms with E-state index in [2.05, 4.69) is 44.3 Å². The maximum Gasteiger partial charge on any atom is 0.260 e. The van der Waals surface area contributed by atoms with Gasteiger partial charge in [-0.15, -0.1) is 0 Å². The van der Waals surface area contributed by atoms with Crippen molar-refractivity contribution in [2.45, 2.75) is 80.2 Å². The Morgan fingerprint density at radius 3 is 2.23 bits per heavy atom. The first-order valence-electron chi connectivity index (χ1n) is 10.2. The molecule has 4 heteroatoms. The van der Waals surface area contributed by atoms with E-state index in [0.29, 0.717) is 6.42 Å². The Bertz CT molecular complexity index is 468. The zero-order chi connectivity index (χ0) is 20.8. The van der Waals surface area contributed by atoms with Crippen molar-refractivity contribution in [2.24, 2.45) is 4.99 Å². The van der Waals surface area contributed by atoms with E-state index in [4.69, 9.17) is 0 Å². The summed E-state index contributed by atoms with van der Waals surface area (Å²) in [5.74, 6) is 0.886. The number of nitrogens with zero attached hydrogens (tertiary/aromatic N) is 3. The molecule has 1 heterocycles. The maximum atomic E-state index is 12.8. The summed E-state index contributed by atoms with van der Waals surface area (Å²) in [5.41, 5.74) is -0.00204. The number of rotatable bonds is 8. The molecule has 0 aromatic carbocycles. The third-order valence-electron chi connectivity index (χ3n) is 4.21. The minimum atomic E-state index is -0.784. The van der Waals surface area contributed by atoms with Crippen LogP contribution in [0.5, 0.6) is 0 Å². The summed E-state index contributed by atoms with van der Waals surface area (Å²) in [4.78, 5) is 21.6. The Hall–Kier alpha value is -1.42. The van der Waals surface area contributed by atoms with E-state index in [9.17, 15) is 4.79 Å². The number of amides is 1. The van der Waals surface area contributed by atoms with Crippen LogP contribution in [0.15, 0.2) is 29.3 Å². The number of allylic oxidation sites excluding steroid dienone is 1. The molecular formula is C22H43N3O. The summed E-state index contributed by atoms with van der Waals surface area (Å²) >= 11 is 0. The molecule has 0 saturated heterocycles. The highest BCUT2D eigenvalue weighted by molar-refractivity contribution is 6.09. The highest BCUT2D eigenvalue weighted by Crippen LogP contribution is 2.33. The second-order valence-electron chi connectivity index (χ2n) is 6.31. The lowest BCUT2D eigenvalue weighted by atomic mass is 9.87. The number of aliphatic imine (C=N–C) groups is 1. The molecule has 0 aromatic rings. The van der Waals surface area contributed by atoms with Crippen molar-refractivity contribution in [2.75, 3.05) is 26.7 Å². The van der Waals surface area contributed by atoms with Gasteiger partial charge < -0.3 is 4.90 Å². The molecule has 0 aliphatic carbocycles. The number of carbonyl (C=O) groups excluding carboxylic acids is 1. The SMILES string of the molecule is C=C(/C=C\C)[C@@]1(CC)N=C(C)N(CCCN(C)CC)C1=O.CC.CCC. The van der Waals surface area contributed by atoms with Crippen molar-refractivity contribution < 1.29 is 4.79 Å². The molecule has 0 unspecified atom stereocenters. The monoisotopic (exact) mass is 365 g/mol. The summed E-state index contributed by atoms with van der Waals surface area (Å²) in [7, 11) is 2.09. The molecule has 1 atom stereocenters. The zero-order valence-electron chi connectivity index (χ0n) is 18.9. The molecule has 1 aliphatic rings. The van der Waals surface area contributed by atoms with E-state index in [-0.39, 0.29) is 5.91 Å². The molecule has 0 aromatic heterocycles. The first-order chi connectivity index (χ1) is 12.3. The molecular weight excluding hydrogens is 322 g/mol. The van der Waals surface area contributed by atoms with Crippen LogP contribution in [0.2, 0.25) is 0 Å². The van der Waals surface area contributed by atoms with Gasteiger partial charge in [0.1, 0.15) is 5.84 Å². The number of amidine groups is 1. The normalized spacial score (nSPS) is 19.1. The van der Waals surface area contributed by atoms with E-state index in [1.807, 2.05) is 51.7 Å². The molecule has 1 amide bonds. The number of hydrogen-bond acceptors (Lipinski definition) is 3. The standard InChI is InChI=1S/C17H29N3O.C3H8.C2H6/c1-7-11-14(4)17(8-2)16(21)20(15(5)18-17)13-10-12-19(6)9-3;1-3-2;1-2/h7,11H,4,8-10,12-13H2,1-3,5-6H3;3H2,1-2H3;1-2H3/b11-7-;;/t17-;;/m1../s1. The highest BCUT2D eigenvalue weighted by Gasteiger charge is 2.46. The van der Waals surface area contributed by atoms with Crippen LogP contribution in [0, 0.1) is 0 Å². The summed E-state index contributed by atoms with van der Waals surface area (Å²) < 4.78 is 0. The molecule has 26 heavy (non-hydrogen) atoms. The molecule has 0 saturated carbocycles. The average Bonchev–Trinajstić information content (AvgIpc) is 2.89. The van der Waals surface area contributed by atoms with Crippen LogP contribution in [0.4, 0.5) is 0 Å². The molecule has 0 N–H and O–H groups in total. The van der Waals surface area contributed by atoms with Crippen LogP contribution >= 0.6 is 0 Å². The van der Waals surface area contributed by atoms with Crippen LogP contribution in [0.1, 0.15) is 74.7 Å². The summed E-state index contributed by atoms with van der Waals surface area (Å²) in [6, 6.07) is 0. The highest BCUT2D eigenvalue weighted by atomic mass is 16.2. The van der Waals surface area contributed by atoms with Gasteiger partial charge in [0.05, 0.1) is 0 Å². The van der Waals surface area contributed by atoms with Crippen molar-refractivity contribution in [3.63, 3.8) is 0 Å². The van der Waals surface area contributed by atoms with Gasteiger partial charge in [-0.25, -0.2) is 0 Å². The van der Waals surface area contributed by atoms with Gasteiger partial charge >= 0.3 is 0 Å². The van der Waals surface area contributed by atoms with Gasteiger partial charge in [0.15, 0.2) is 5.54 Å². The van der Waals surface area contributed by atoms with Crippen LogP contribution in [0.25, 0.3) is 0 Å². The van der Waals surface area contributed by atoms with E-state index >= 15 is 0 Å². The lowest BCUT2D eigenvalue weighted by molar-refractivity contribution is -0.130. The quantitative estimate of drug-likeness (QED) is 0.546. The smallest absolute Gasteiger partial charge is 0.260 e. The molecule has 0 fully saturated rings. The lowest BCUT2D eigenvalue weighted by Crippen LogP contribution is -2.43. The second kappa shape index (κ2) is 14.7. The third kappa shape index (κ3) is 7.45. The van der Waals surface area contributed by atoms with Crippen molar-refractivity contribution in [3.8, 4) is 0 Å². The molecule has 0 spiro atoms. The third-order valence-corrected chi connectivity index (χ3v) is 4.21. The van der Waals surface area contributed by atoms with Gasteiger partial charge in [0, 0.05) is 6.54 Å². The Morgan fingerprint density at radius 1 is 1.27 bits per heavy atom. The fourth-order valence-corrected chi connectivity index (χ4v) is 2.68. The van der Waals surface area contributed by atoms with Gasteiger partial charge in [-0.1, -0.05) is 66.7 Å². The summed E-state index contributed by atoms with van der Waals surface area (Å²) in [5, 5.41) is 0. The predicted molar refractivity (Wildman–Crippen MR) is 117 cm³/mol. The first kappa shape index (κ1) is 26.8. The van der Waals surface area contributed by atoms with Crippen molar-refractivity contribution in [1.29, 1.82) is 0 Å². The fourth-order valence-electron chi connectivity index (χ4n) is 2.68. The summed E-state index contributed by atoms with van der Waals surface area (Å²) in [6.45, 7) is 23.0. The average molecular weight is 366 g/mol. The first-order valence-corrected chi connectivity index (χ1v) is 10.2. The summed E-state index contributed by atoms with van der Waals surface area (Å²) in [6.07, 6.45) is 6.67. The fraction of sp³-hybridized carbons (Fsp3) is 0.727. The van der Waals surface area contributed by atoms with E-state index in [0.717, 1.165) is 37.5 Å². The van der Waals surface area contributed by atoms with Crippen LogP contribution in [-0.2, 0) is 4.79 Å².